The second-order valence-electron chi connectivity index (χ2n) is 10.3. The number of hydrogen-bond donors (Lipinski definition) is 0. The predicted octanol–water partition coefficient (Wildman–Crippen LogP) is 6.40. The second-order valence-corrected chi connectivity index (χ2v) is 10.3. The maximum atomic E-state index is 6.66. The highest BCUT2D eigenvalue weighted by atomic mass is 16.3. The molecule has 0 N–H and O–H groups in total. The molecule has 3 aliphatic heterocycles. The van der Waals surface area contributed by atoms with Crippen molar-refractivity contribution in [2.45, 2.75) is 82.2 Å². The molecule has 5 rings (SSSR count). The Balaban J connectivity index is 1.44. The van der Waals surface area contributed by atoms with Crippen molar-refractivity contribution in [1.82, 2.24) is 9.80 Å². The van der Waals surface area contributed by atoms with E-state index in [0.717, 1.165) is 19.3 Å². The van der Waals surface area contributed by atoms with Crippen molar-refractivity contribution in [3.8, 4) is 0 Å². The zero-order valence-corrected chi connectivity index (χ0v) is 19.2. The predicted molar refractivity (Wildman–Crippen MR) is 128 cm³/mol. The van der Waals surface area contributed by atoms with Gasteiger partial charge in [-0.05, 0) is 95.0 Å². The van der Waals surface area contributed by atoms with Crippen LogP contribution in [0.5, 0.6) is 0 Å². The summed E-state index contributed by atoms with van der Waals surface area (Å²) in [6.07, 6.45) is 21.2. The molecule has 3 nitrogen and oxygen atoms in total. The van der Waals surface area contributed by atoms with Gasteiger partial charge in [-0.25, -0.2) is 0 Å². The minimum absolute atomic E-state index is 0.334. The van der Waals surface area contributed by atoms with Crippen molar-refractivity contribution >= 4 is 0 Å². The lowest BCUT2D eigenvalue weighted by Crippen LogP contribution is -2.47. The van der Waals surface area contributed by atoms with Crippen LogP contribution in [0, 0.1) is 5.41 Å². The minimum Gasteiger partial charge on any atom is -0.464 e. The molecule has 0 radical (unpaired) electrons. The quantitative estimate of drug-likeness (QED) is 0.358. The number of hydrogen-bond acceptors (Lipinski definition) is 3. The topological polar surface area (TPSA) is 19.6 Å². The lowest BCUT2D eigenvalue weighted by molar-refractivity contribution is 0.0364. The first kappa shape index (κ1) is 21.3. The van der Waals surface area contributed by atoms with Crippen LogP contribution < -0.4 is 0 Å². The van der Waals surface area contributed by atoms with E-state index in [0.29, 0.717) is 23.4 Å². The number of piperidine rings is 1. The Morgan fingerprint density at radius 3 is 2.90 bits per heavy atom. The van der Waals surface area contributed by atoms with E-state index in [-0.39, 0.29) is 0 Å². The molecule has 4 heterocycles. The van der Waals surface area contributed by atoms with Crippen LogP contribution in [0.15, 0.2) is 47.9 Å². The fourth-order valence-corrected chi connectivity index (χ4v) is 7.13. The van der Waals surface area contributed by atoms with E-state index in [4.69, 9.17) is 4.42 Å². The van der Waals surface area contributed by atoms with Crippen molar-refractivity contribution in [1.29, 1.82) is 0 Å². The van der Waals surface area contributed by atoms with Crippen LogP contribution in [0.4, 0.5) is 0 Å². The van der Waals surface area contributed by atoms with E-state index in [9.17, 15) is 0 Å². The van der Waals surface area contributed by atoms with Gasteiger partial charge in [0.15, 0.2) is 0 Å². The zero-order valence-electron chi connectivity index (χ0n) is 19.2. The molecule has 168 valence electrons. The van der Waals surface area contributed by atoms with E-state index >= 15 is 0 Å². The Morgan fingerprint density at radius 1 is 1.13 bits per heavy atom. The molecule has 0 saturated carbocycles. The molecule has 0 bridgehead atoms. The molecule has 4 atom stereocenters. The number of likely N-dealkylation sites (tertiary alicyclic amines) is 1. The highest BCUT2D eigenvalue weighted by Crippen LogP contribution is 2.67. The molecule has 4 aliphatic rings. The first-order chi connectivity index (χ1) is 15.3. The third-order valence-corrected chi connectivity index (χ3v) is 8.43. The van der Waals surface area contributed by atoms with Gasteiger partial charge in [-0.15, -0.1) is 13.2 Å². The maximum Gasteiger partial charge on any atom is 0.125 e. The maximum absolute atomic E-state index is 6.66. The Morgan fingerprint density at radius 2 is 2.03 bits per heavy atom. The van der Waals surface area contributed by atoms with Gasteiger partial charge in [-0.2, -0.15) is 0 Å². The number of nitrogens with zero attached hydrogens (tertiary/aromatic N) is 2. The fraction of sp³-hybridized carbons (Fsp3) is 0.643. The van der Waals surface area contributed by atoms with Crippen LogP contribution in [-0.2, 0) is 6.42 Å². The fourth-order valence-electron chi connectivity index (χ4n) is 7.13. The van der Waals surface area contributed by atoms with Gasteiger partial charge in [0.25, 0.3) is 0 Å². The van der Waals surface area contributed by atoms with Crippen molar-refractivity contribution in [3.05, 3.63) is 60.6 Å². The summed E-state index contributed by atoms with van der Waals surface area (Å²) in [5, 5.41) is 0. The van der Waals surface area contributed by atoms with Crippen molar-refractivity contribution < 1.29 is 4.42 Å². The molecular weight excluding hydrogens is 380 g/mol. The van der Waals surface area contributed by atoms with Crippen LogP contribution in [0.3, 0.4) is 0 Å². The van der Waals surface area contributed by atoms with Gasteiger partial charge in [0.2, 0.25) is 0 Å². The first-order valence-electron chi connectivity index (χ1n) is 12.8. The second kappa shape index (κ2) is 9.11. The van der Waals surface area contributed by atoms with Gasteiger partial charge in [0, 0.05) is 24.4 Å². The van der Waals surface area contributed by atoms with Crippen molar-refractivity contribution in [2.24, 2.45) is 5.41 Å². The summed E-state index contributed by atoms with van der Waals surface area (Å²) in [5.74, 6) is 3.17. The molecule has 0 aromatic carbocycles. The number of furan rings is 1. The van der Waals surface area contributed by atoms with Crippen LogP contribution >= 0.6 is 0 Å². The highest BCUT2D eigenvalue weighted by Gasteiger charge is 2.64. The SMILES string of the molecule is C=CCCCCN1CC[C@@H]2c3cc(CCC=C)oc3C3N4CCCC/C=C\C4CC32C1. The molecule has 2 saturated heterocycles. The Bertz CT molecular complexity index is 823. The summed E-state index contributed by atoms with van der Waals surface area (Å²) in [4.78, 5) is 5.61. The lowest BCUT2D eigenvalue weighted by atomic mass is 9.68. The molecule has 1 aromatic heterocycles. The summed E-state index contributed by atoms with van der Waals surface area (Å²) in [7, 11) is 0. The van der Waals surface area contributed by atoms with Gasteiger partial charge in [-0.3, -0.25) is 4.90 Å². The van der Waals surface area contributed by atoms with Crippen LogP contribution in [0.1, 0.15) is 86.8 Å². The highest BCUT2D eigenvalue weighted by molar-refractivity contribution is 5.42. The smallest absolute Gasteiger partial charge is 0.125 e. The molecule has 3 heteroatoms. The van der Waals surface area contributed by atoms with Crippen molar-refractivity contribution in [2.75, 3.05) is 26.2 Å². The van der Waals surface area contributed by atoms with Crippen LogP contribution in [0.25, 0.3) is 0 Å². The third kappa shape index (κ3) is 3.78. The van der Waals surface area contributed by atoms with E-state index in [1.165, 1.54) is 82.6 Å². The van der Waals surface area contributed by atoms with Gasteiger partial charge < -0.3 is 9.32 Å². The average molecular weight is 421 g/mol. The van der Waals surface area contributed by atoms with Crippen LogP contribution in [-0.4, -0.2) is 42.0 Å². The average Bonchev–Trinajstić information content (AvgIpc) is 3.35. The molecular formula is C28H40N2O. The monoisotopic (exact) mass is 420 g/mol. The number of unbranched alkanes of at least 4 members (excludes halogenated alkanes) is 2. The summed E-state index contributed by atoms with van der Waals surface area (Å²) in [5.41, 5.74) is 1.89. The molecule has 0 amide bonds. The number of fused-ring (bicyclic) bond motifs is 5. The first-order valence-corrected chi connectivity index (χ1v) is 12.8. The van der Waals surface area contributed by atoms with E-state index in [2.05, 4.69) is 47.3 Å². The van der Waals surface area contributed by atoms with E-state index < -0.39 is 0 Å². The van der Waals surface area contributed by atoms with E-state index in [1.54, 1.807) is 5.56 Å². The summed E-state index contributed by atoms with van der Waals surface area (Å²) in [6, 6.07) is 3.48. The Labute approximate surface area is 188 Å². The Kier molecular flexibility index (Phi) is 6.25. The molecule has 2 fully saturated rings. The van der Waals surface area contributed by atoms with Gasteiger partial charge in [-0.1, -0.05) is 24.3 Å². The number of rotatable bonds is 8. The minimum atomic E-state index is 0.334. The summed E-state index contributed by atoms with van der Waals surface area (Å²) in [6.45, 7) is 12.7. The molecule has 31 heavy (non-hydrogen) atoms. The number of aryl methyl sites for hydroxylation is 1. The molecule has 3 unspecified atom stereocenters. The third-order valence-electron chi connectivity index (χ3n) is 8.43. The van der Waals surface area contributed by atoms with Gasteiger partial charge in [0.1, 0.15) is 11.5 Å². The lowest BCUT2D eigenvalue weighted by Gasteiger charge is -2.45. The molecule has 1 spiro atoms. The standard InChI is InChI=1S/C28H40N2O/c1-3-5-7-11-16-29-18-15-25-24-19-23(14-6-4-2)31-26(24)27-28(25,21-29)20-22-13-10-8-9-12-17-30(22)27/h3-4,10,13,19,22,25,27H,1-2,5-9,11-12,14-18,20-21H2/b13-10-/t22?,25-,27?,28?/m1/s1. The summed E-state index contributed by atoms with van der Waals surface area (Å²) >= 11 is 0. The molecule has 1 aliphatic carbocycles. The van der Waals surface area contributed by atoms with Gasteiger partial charge >= 0.3 is 0 Å². The number of allylic oxidation sites excluding steroid dienone is 3. The van der Waals surface area contributed by atoms with Crippen molar-refractivity contribution in [3.63, 3.8) is 0 Å². The van der Waals surface area contributed by atoms with Gasteiger partial charge in [0.05, 0.1) is 6.04 Å². The van der Waals surface area contributed by atoms with E-state index in [1.807, 2.05) is 6.08 Å². The summed E-state index contributed by atoms with van der Waals surface area (Å²) < 4.78 is 6.66. The zero-order chi connectivity index (χ0) is 21.3. The van der Waals surface area contributed by atoms with Crippen LogP contribution in [0.2, 0.25) is 0 Å². The largest absolute Gasteiger partial charge is 0.464 e. The Hall–Kier alpha value is -1.58. The normalized spacial score (nSPS) is 33.6. The molecule has 1 aromatic rings.